The second kappa shape index (κ2) is 11.2. The molecule has 1 heterocycles. The maximum atomic E-state index is 14.5. The molecule has 4 rings (SSSR count). The number of ether oxygens (including phenoxy) is 2. The summed E-state index contributed by atoms with van der Waals surface area (Å²) < 4.78 is 27.0. The summed E-state index contributed by atoms with van der Waals surface area (Å²) in [5.74, 6) is 1.61. The molecule has 0 fully saturated rings. The molecule has 4 aromatic rings. The minimum absolute atomic E-state index is 0.0798. The second-order valence-electron chi connectivity index (χ2n) is 8.12. The van der Waals surface area contributed by atoms with Crippen LogP contribution in [0, 0.1) is 5.82 Å². The van der Waals surface area contributed by atoms with Gasteiger partial charge in [0.2, 0.25) is 5.91 Å². The van der Waals surface area contributed by atoms with Crippen molar-refractivity contribution in [1.82, 2.24) is 14.9 Å². The maximum absolute atomic E-state index is 14.5. The van der Waals surface area contributed by atoms with Crippen molar-refractivity contribution < 1.29 is 18.7 Å². The number of benzene rings is 3. The molecule has 0 aliphatic rings. The van der Waals surface area contributed by atoms with E-state index >= 15 is 0 Å². The fourth-order valence-electron chi connectivity index (χ4n) is 4.05. The number of amides is 1. The molecule has 0 aliphatic heterocycles. The zero-order chi connectivity index (χ0) is 24.8. The lowest BCUT2D eigenvalue weighted by Crippen LogP contribution is -2.26. The summed E-state index contributed by atoms with van der Waals surface area (Å²) in [6.07, 6.45) is 1.55. The van der Waals surface area contributed by atoms with Crippen molar-refractivity contribution in [3.63, 3.8) is 0 Å². The van der Waals surface area contributed by atoms with Crippen molar-refractivity contribution in [3.05, 3.63) is 88.5 Å². The monoisotopic (exact) mass is 495 g/mol. The van der Waals surface area contributed by atoms with Crippen molar-refractivity contribution in [2.45, 2.75) is 25.8 Å². The molecule has 0 bridgehead atoms. The van der Waals surface area contributed by atoms with E-state index in [4.69, 9.17) is 26.1 Å². The van der Waals surface area contributed by atoms with E-state index in [1.54, 1.807) is 38.5 Å². The average Bonchev–Trinajstić information content (AvgIpc) is 3.21. The van der Waals surface area contributed by atoms with Crippen LogP contribution in [0.15, 0.2) is 60.7 Å². The summed E-state index contributed by atoms with van der Waals surface area (Å²) in [5.41, 5.74) is 3.03. The van der Waals surface area contributed by atoms with Gasteiger partial charge in [0, 0.05) is 23.6 Å². The molecule has 6 nitrogen and oxygen atoms in total. The van der Waals surface area contributed by atoms with E-state index in [0.29, 0.717) is 41.5 Å². The number of hydrogen-bond acceptors (Lipinski definition) is 4. The number of methoxy groups -OCH3 is 2. The Morgan fingerprint density at radius 2 is 1.86 bits per heavy atom. The van der Waals surface area contributed by atoms with Gasteiger partial charge in [-0.1, -0.05) is 35.9 Å². The first-order valence-electron chi connectivity index (χ1n) is 11.3. The third-order valence-corrected chi connectivity index (χ3v) is 6.18. The lowest BCUT2D eigenvalue weighted by atomic mass is 10.1. The molecule has 0 atom stereocenters. The number of hydrogen-bond donors (Lipinski definition) is 1. The normalized spacial score (nSPS) is 11.0. The van der Waals surface area contributed by atoms with Crippen LogP contribution in [0.2, 0.25) is 5.02 Å². The van der Waals surface area contributed by atoms with E-state index in [9.17, 15) is 9.18 Å². The summed E-state index contributed by atoms with van der Waals surface area (Å²) in [6.45, 7) is 0.781. The Bertz CT molecular complexity index is 1320. The van der Waals surface area contributed by atoms with Crippen LogP contribution in [0.5, 0.6) is 11.5 Å². The van der Waals surface area contributed by atoms with Crippen LogP contribution in [-0.4, -0.2) is 36.2 Å². The van der Waals surface area contributed by atoms with Crippen LogP contribution in [0.1, 0.15) is 23.4 Å². The van der Waals surface area contributed by atoms with E-state index in [1.807, 2.05) is 34.9 Å². The summed E-state index contributed by atoms with van der Waals surface area (Å²) >= 11 is 6.28. The Labute approximate surface area is 208 Å². The number of imidazole rings is 1. The Morgan fingerprint density at radius 1 is 1.06 bits per heavy atom. The number of aromatic nitrogens is 2. The van der Waals surface area contributed by atoms with E-state index in [1.165, 1.54) is 6.07 Å². The smallest absolute Gasteiger partial charge is 0.224 e. The number of fused-ring (bicyclic) bond motifs is 1. The minimum atomic E-state index is -0.344. The molecular weight excluding hydrogens is 469 g/mol. The topological polar surface area (TPSA) is 65.4 Å². The lowest BCUT2D eigenvalue weighted by molar-refractivity contribution is -0.120. The van der Waals surface area contributed by atoms with Crippen LogP contribution in [0.25, 0.3) is 11.0 Å². The zero-order valence-corrected chi connectivity index (χ0v) is 20.4. The van der Waals surface area contributed by atoms with Gasteiger partial charge < -0.3 is 19.4 Å². The van der Waals surface area contributed by atoms with Gasteiger partial charge in [-0.2, -0.15) is 0 Å². The van der Waals surface area contributed by atoms with Crippen LogP contribution < -0.4 is 14.8 Å². The predicted molar refractivity (Wildman–Crippen MR) is 135 cm³/mol. The molecule has 0 spiro atoms. The number of carbonyl (C=O) groups is 1. The molecule has 1 amide bonds. The number of rotatable bonds is 10. The fraction of sp³-hybridized carbons (Fsp3) is 0.259. The Hall–Kier alpha value is -3.58. The predicted octanol–water partition coefficient (Wildman–Crippen LogP) is 5.19. The third kappa shape index (κ3) is 5.74. The molecule has 1 aromatic heterocycles. The van der Waals surface area contributed by atoms with Gasteiger partial charge in [0.05, 0.1) is 38.2 Å². The summed E-state index contributed by atoms with van der Waals surface area (Å²) in [6, 6.07) is 17.9. The highest BCUT2D eigenvalue weighted by Crippen LogP contribution is 2.28. The largest absolute Gasteiger partial charge is 0.493 e. The number of para-hydroxylation sites is 2. The number of aryl methyl sites for hydroxylation is 1. The minimum Gasteiger partial charge on any atom is -0.493 e. The standard InChI is InChI=1S/C27H27ClFN3O3/c1-34-24-13-12-18(15-25(24)35-2)16-27(33)30-14-6-11-26-31-22-9-3-4-10-23(22)32(26)17-19-20(28)7-5-8-21(19)29/h3-5,7-10,12-13,15H,6,11,14,16-17H2,1-2H3,(H,30,33). The van der Waals surface area contributed by atoms with Gasteiger partial charge in [0.1, 0.15) is 11.6 Å². The number of halogens is 2. The summed E-state index contributed by atoms with van der Waals surface area (Å²) in [4.78, 5) is 17.2. The number of nitrogens with one attached hydrogen (secondary N) is 1. The van der Waals surface area contributed by atoms with Gasteiger partial charge in [-0.15, -0.1) is 0 Å². The van der Waals surface area contributed by atoms with Crippen molar-refractivity contribution in [3.8, 4) is 11.5 Å². The molecule has 0 saturated heterocycles. The summed E-state index contributed by atoms with van der Waals surface area (Å²) in [7, 11) is 3.14. The first-order valence-corrected chi connectivity index (χ1v) is 11.7. The number of carbonyl (C=O) groups excluding carboxylic acids is 1. The van der Waals surface area contributed by atoms with Crippen LogP contribution in [0.3, 0.4) is 0 Å². The van der Waals surface area contributed by atoms with E-state index < -0.39 is 0 Å². The van der Waals surface area contributed by atoms with Gasteiger partial charge in [-0.25, -0.2) is 9.37 Å². The third-order valence-electron chi connectivity index (χ3n) is 5.82. The van der Waals surface area contributed by atoms with Gasteiger partial charge >= 0.3 is 0 Å². The molecule has 35 heavy (non-hydrogen) atoms. The SMILES string of the molecule is COc1ccc(CC(=O)NCCCc2nc3ccccc3n2Cc2c(F)cccc2Cl)cc1OC. The van der Waals surface area contributed by atoms with E-state index in [0.717, 1.165) is 22.4 Å². The Kier molecular flexibility index (Phi) is 7.87. The molecule has 0 unspecified atom stereocenters. The van der Waals surface area contributed by atoms with E-state index in [2.05, 4.69) is 5.32 Å². The second-order valence-corrected chi connectivity index (χ2v) is 8.53. The van der Waals surface area contributed by atoms with E-state index in [-0.39, 0.29) is 24.7 Å². The zero-order valence-electron chi connectivity index (χ0n) is 19.7. The maximum Gasteiger partial charge on any atom is 0.224 e. The fourth-order valence-corrected chi connectivity index (χ4v) is 4.27. The van der Waals surface area contributed by atoms with Crippen LogP contribution in [-0.2, 0) is 24.2 Å². The van der Waals surface area contributed by atoms with Crippen molar-refractivity contribution >= 4 is 28.5 Å². The van der Waals surface area contributed by atoms with Gasteiger partial charge in [-0.3, -0.25) is 4.79 Å². The van der Waals surface area contributed by atoms with Crippen LogP contribution in [0.4, 0.5) is 4.39 Å². The Balaban J connectivity index is 1.40. The molecular formula is C27H27ClFN3O3. The first-order chi connectivity index (χ1) is 17.0. The molecule has 0 saturated carbocycles. The highest BCUT2D eigenvalue weighted by atomic mass is 35.5. The molecule has 0 radical (unpaired) electrons. The highest BCUT2D eigenvalue weighted by Gasteiger charge is 2.15. The lowest BCUT2D eigenvalue weighted by Gasteiger charge is -2.12. The molecule has 1 N–H and O–H groups in total. The van der Waals surface area contributed by atoms with Gasteiger partial charge in [0.25, 0.3) is 0 Å². The quantitative estimate of drug-likeness (QED) is 0.308. The number of nitrogens with zero attached hydrogens (tertiary/aromatic N) is 2. The van der Waals surface area contributed by atoms with Gasteiger partial charge in [0.15, 0.2) is 11.5 Å². The van der Waals surface area contributed by atoms with Crippen molar-refractivity contribution in [1.29, 1.82) is 0 Å². The first kappa shape index (κ1) is 24.5. The summed E-state index contributed by atoms with van der Waals surface area (Å²) in [5, 5.41) is 3.34. The highest BCUT2D eigenvalue weighted by molar-refractivity contribution is 6.31. The average molecular weight is 496 g/mol. The Morgan fingerprint density at radius 3 is 2.63 bits per heavy atom. The van der Waals surface area contributed by atoms with Gasteiger partial charge in [-0.05, 0) is 48.4 Å². The van der Waals surface area contributed by atoms with Crippen LogP contribution >= 0.6 is 11.6 Å². The molecule has 3 aromatic carbocycles. The van der Waals surface area contributed by atoms with Crippen molar-refractivity contribution in [2.75, 3.05) is 20.8 Å². The molecule has 8 heteroatoms. The molecule has 182 valence electrons. The van der Waals surface area contributed by atoms with Crippen molar-refractivity contribution in [2.24, 2.45) is 0 Å². The molecule has 0 aliphatic carbocycles.